The molecule has 240 valence electrons. The number of hydrogen-bond donors (Lipinski definition) is 2. The lowest BCUT2D eigenvalue weighted by molar-refractivity contribution is 0.579. The summed E-state index contributed by atoms with van der Waals surface area (Å²) in [5, 5.41) is 0. The highest BCUT2D eigenvalue weighted by Crippen LogP contribution is 2.32. The van der Waals surface area contributed by atoms with Gasteiger partial charge in [0.15, 0.2) is 0 Å². The predicted octanol–water partition coefficient (Wildman–Crippen LogP) is 12.0. The molecule has 0 aliphatic carbocycles. The van der Waals surface area contributed by atoms with E-state index in [2.05, 4.69) is 86.6 Å². The lowest BCUT2D eigenvalue weighted by Crippen LogP contribution is -2.02. The van der Waals surface area contributed by atoms with E-state index in [0.29, 0.717) is 11.8 Å². The summed E-state index contributed by atoms with van der Waals surface area (Å²) in [4.78, 5) is 0. The minimum absolute atomic E-state index is 0.460. The van der Waals surface area contributed by atoms with E-state index < -0.39 is 0 Å². The monoisotopic (exact) mass is 602 g/mol. The molecule has 0 bridgehead atoms. The SMILES string of the molecule is CCCCC(c1ccc(N)cc1)c1ccc(CCCCCCCCCc2ccc(C(CCCC)c3ccc(N)cc3)cc2)cc1. The molecule has 4 aromatic rings. The number of benzene rings is 4. The quantitative estimate of drug-likeness (QED) is 0.0781. The molecule has 2 heteroatoms. The number of nitrogen functional groups attached to an aromatic ring is 2. The van der Waals surface area contributed by atoms with Gasteiger partial charge >= 0.3 is 0 Å². The maximum absolute atomic E-state index is 5.94. The van der Waals surface area contributed by atoms with Gasteiger partial charge in [-0.2, -0.15) is 0 Å². The number of rotatable bonds is 20. The summed E-state index contributed by atoms with van der Waals surface area (Å²) in [6.07, 6.45) is 19.0. The Morgan fingerprint density at radius 3 is 0.978 bits per heavy atom. The number of nitrogens with two attached hydrogens (primary N) is 2. The molecule has 0 amide bonds. The molecule has 0 aromatic heterocycles. The molecule has 45 heavy (non-hydrogen) atoms. The fraction of sp³-hybridized carbons (Fsp3) is 0.442. The van der Waals surface area contributed by atoms with Gasteiger partial charge in [0.2, 0.25) is 0 Å². The Balaban J connectivity index is 1.11. The van der Waals surface area contributed by atoms with E-state index in [1.807, 2.05) is 24.3 Å². The Morgan fingerprint density at radius 1 is 0.378 bits per heavy atom. The molecule has 0 heterocycles. The van der Waals surface area contributed by atoms with Crippen LogP contribution in [-0.4, -0.2) is 0 Å². The Bertz CT molecular complexity index is 1230. The van der Waals surface area contributed by atoms with E-state index in [9.17, 15) is 0 Å². The third kappa shape index (κ3) is 11.4. The molecule has 2 nitrogen and oxygen atoms in total. The van der Waals surface area contributed by atoms with Crippen LogP contribution in [0.2, 0.25) is 0 Å². The van der Waals surface area contributed by atoms with E-state index in [1.54, 1.807) is 0 Å². The first-order valence-corrected chi connectivity index (χ1v) is 18.0. The largest absolute Gasteiger partial charge is 0.399 e. The smallest absolute Gasteiger partial charge is 0.0314 e. The summed E-state index contributed by atoms with van der Waals surface area (Å²) in [7, 11) is 0. The lowest BCUT2D eigenvalue weighted by atomic mass is 9.86. The van der Waals surface area contributed by atoms with Crippen molar-refractivity contribution in [2.45, 2.75) is 122 Å². The predicted molar refractivity (Wildman–Crippen MR) is 197 cm³/mol. The van der Waals surface area contributed by atoms with Gasteiger partial charge in [-0.3, -0.25) is 0 Å². The third-order valence-electron chi connectivity index (χ3n) is 9.57. The molecule has 0 aliphatic rings. The zero-order valence-electron chi connectivity index (χ0n) is 28.2. The van der Waals surface area contributed by atoms with Crippen LogP contribution in [0.1, 0.15) is 143 Å². The van der Waals surface area contributed by atoms with Gasteiger partial charge in [0.25, 0.3) is 0 Å². The van der Waals surface area contributed by atoms with E-state index in [0.717, 1.165) is 11.4 Å². The summed E-state index contributed by atoms with van der Waals surface area (Å²) in [5.74, 6) is 0.921. The van der Waals surface area contributed by atoms with Crippen LogP contribution in [0.4, 0.5) is 11.4 Å². The normalized spacial score (nSPS) is 12.7. The van der Waals surface area contributed by atoms with E-state index in [4.69, 9.17) is 11.5 Å². The second-order valence-electron chi connectivity index (χ2n) is 13.2. The van der Waals surface area contributed by atoms with Crippen LogP contribution in [0.15, 0.2) is 97.1 Å². The standard InChI is InChI=1S/C43H58N2/c1-3-5-16-42(38-26-30-40(44)31-27-38)36-22-18-34(19-23-36)14-12-10-8-7-9-11-13-15-35-20-24-37(25-21-35)43(17-6-4-2)39-28-32-41(45)33-29-39/h18-33,42-43H,3-17,44-45H2,1-2H3. The Morgan fingerprint density at radius 2 is 0.667 bits per heavy atom. The topological polar surface area (TPSA) is 52.0 Å². The van der Waals surface area contributed by atoms with Crippen molar-refractivity contribution in [3.05, 3.63) is 130 Å². The molecule has 0 spiro atoms. The molecule has 0 radical (unpaired) electrons. The zero-order valence-corrected chi connectivity index (χ0v) is 28.2. The maximum atomic E-state index is 5.94. The van der Waals surface area contributed by atoms with E-state index >= 15 is 0 Å². The number of anilines is 2. The highest BCUT2D eigenvalue weighted by Gasteiger charge is 2.15. The first kappa shape index (κ1) is 34.4. The molecule has 2 unspecified atom stereocenters. The first-order chi connectivity index (χ1) is 22.1. The van der Waals surface area contributed by atoms with Crippen molar-refractivity contribution < 1.29 is 0 Å². The van der Waals surface area contributed by atoms with Gasteiger partial charge in [0.1, 0.15) is 0 Å². The van der Waals surface area contributed by atoms with Crippen molar-refractivity contribution in [1.29, 1.82) is 0 Å². The Kier molecular flexibility index (Phi) is 14.6. The van der Waals surface area contributed by atoms with Gasteiger partial charge < -0.3 is 11.5 Å². The molecule has 2 atom stereocenters. The second kappa shape index (κ2) is 19.1. The summed E-state index contributed by atoms with van der Waals surface area (Å²) in [6, 6.07) is 35.9. The molecule has 4 rings (SSSR count). The Hall–Kier alpha value is -3.52. The average molecular weight is 603 g/mol. The second-order valence-corrected chi connectivity index (χ2v) is 13.2. The number of unbranched alkanes of at least 4 members (excludes halogenated alkanes) is 8. The highest BCUT2D eigenvalue weighted by atomic mass is 14.5. The van der Waals surface area contributed by atoms with Gasteiger partial charge in [-0.1, -0.05) is 144 Å². The minimum Gasteiger partial charge on any atom is -0.399 e. The Labute approximate surface area is 274 Å². The highest BCUT2D eigenvalue weighted by molar-refractivity contribution is 5.44. The van der Waals surface area contributed by atoms with Gasteiger partial charge in [-0.15, -0.1) is 0 Å². The summed E-state index contributed by atoms with van der Waals surface area (Å²) < 4.78 is 0. The van der Waals surface area contributed by atoms with E-state index in [-0.39, 0.29) is 0 Å². The van der Waals surface area contributed by atoms with Gasteiger partial charge in [-0.25, -0.2) is 0 Å². The zero-order chi connectivity index (χ0) is 31.7. The molecule has 0 fully saturated rings. The van der Waals surface area contributed by atoms with Gasteiger partial charge in [0, 0.05) is 23.2 Å². The van der Waals surface area contributed by atoms with Crippen molar-refractivity contribution in [1.82, 2.24) is 0 Å². The molecule has 4 aromatic carbocycles. The number of aryl methyl sites for hydroxylation is 2. The average Bonchev–Trinajstić information content (AvgIpc) is 3.07. The molecule has 0 aliphatic heterocycles. The van der Waals surface area contributed by atoms with Crippen molar-refractivity contribution in [2.24, 2.45) is 0 Å². The van der Waals surface area contributed by atoms with Crippen molar-refractivity contribution in [3.63, 3.8) is 0 Å². The van der Waals surface area contributed by atoms with Crippen molar-refractivity contribution in [3.8, 4) is 0 Å². The molecule has 0 saturated carbocycles. The fourth-order valence-corrected chi connectivity index (χ4v) is 6.70. The van der Waals surface area contributed by atoms with Crippen LogP contribution in [0.3, 0.4) is 0 Å². The first-order valence-electron chi connectivity index (χ1n) is 18.0. The molecule has 4 N–H and O–H groups in total. The van der Waals surface area contributed by atoms with Crippen LogP contribution < -0.4 is 11.5 Å². The lowest BCUT2D eigenvalue weighted by Gasteiger charge is -2.18. The minimum atomic E-state index is 0.460. The maximum Gasteiger partial charge on any atom is 0.0314 e. The van der Waals surface area contributed by atoms with Gasteiger partial charge in [0.05, 0.1) is 0 Å². The molecular weight excluding hydrogens is 544 g/mol. The van der Waals surface area contributed by atoms with Gasteiger partial charge in [-0.05, 0) is 96.2 Å². The van der Waals surface area contributed by atoms with Crippen molar-refractivity contribution in [2.75, 3.05) is 11.5 Å². The fourth-order valence-electron chi connectivity index (χ4n) is 6.70. The number of hydrogen-bond acceptors (Lipinski definition) is 2. The molecular formula is C43H58N2. The summed E-state index contributed by atoms with van der Waals surface area (Å²) in [5.41, 5.74) is 22.1. The summed E-state index contributed by atoms with van der Waals surface area (Å²) >= 11 is 0. The van der Waals surface area contributed by atoms with E-state index in [1.165, 1.54) is 130 Å². The van der Waals surface area contributed by atoms with Crippen LogP contribution >= 0.6 is 0 Å². The third-order valence-corrected chi connectivity index (χ3v) is 9.57. The van der Waals surface area contributed by atoms with Crippen LogP contribution in [0.5, 0.6) is 0 Å². The van der Waals surface area contributed by atoms with Crippen LogP contribution in [-0.2, 0) is 12.8 Å². The summed E-state index contributed by atoms with van der Waals surface area (Å²) in [6.45, 7) is 4.55. The molecule has 0 saturated heterocycles. The van der Waals surface area contributed by atoms with Crippen LogP contribution in [0, 0.1) is 0 Å². The van der Waals surface area contributed by atoms with Crippen LogP contribution in [0.25, 0.3) is 0 Å². The van der Waals surface area contributed by atoms with Crippen molar-refractivity contribution >= 4 is 11.4 Å².